The van der Waals surface area contributed by atoms with Crippen molar-refractivity contribution in [3.05, 3.63) is 89.0 Å². The van der Waals surface area contributed by atoms with E-state index in [1.54, 1.807) is 6.07 Å². The van der Waals surface area contributed by atoms with Crippen LogP contribution in [0.2, 0.25) is 0 Å². The summed E-state index contributed by atoms with van der Waals surface area (Å²) in [5.74, 6) is -1.71. The number of allylic oxidation sites excluding steroid dienone is 1. The number of hydrogen-bond donors (Lipinski definition) is 2. The van der Waals surface area contributed by atoms with E-state index < -0.39 is 11.6 Å². The molecule has 0 amide bonds. The minimum atomic E-state index is -0.861. The van der Waals surface area contributed by atoms with Crippen LogP contribution in [0.3, 0.4) is 0 Å². The second kappa shape index (κ2) is 10.6. The van der Waals surface area contributed by atoms with Crippen molar-refractivity contribution in [1.29, 1.82) is 0 Å². The quantitative estimate of drug-likeness (QED) is 0.200. The van der Waals surface area contributed by atoms with Gasteiger partial charge >= 0.3 is 0 Å². The second-order valence-corrected chi connectivity index (χ2v) is 9.84. The standard InChI is InChI=1S/C26H26F2N4S2/c1-16(2)30-32(20-8-10-21(33-29)11-9-20)26-17(3)4-5-18-6-7-19(14-23(18)26)31-34-22-12-13-24(27)25(28)15-22/h6-15,31H,4-5,29H2,1-3H3. The van der Waals surface area contributed by atoms with Gasteiger partial charge in [0.25, 0.3) is 0 Å². The molecule has 3 aromatic carbocycles. The summed E-state index contributed by atoms with van der Waals surface area (Å²) in [4.78, 5) is 1.57. The average Bonchev–Trinajstić information content (AvgIpc) is 2.83. The Morgan fingerprint density at radius 2 is 1.68 bits per heavy atom. The van der Waals surface area contributed by atoms with Crippen LogP contribution in [0, 0.1) is 11.6 Å². The first-order valence-corrected chi connectivity index (χ1v) is 12.5. The minimum absolute atomic E-state index is 0.592. The molecule has 1 aliphatic rings. The molecular weight excluding hydrogens is 470 g/mol. The highest BCUT2D eigenvalue weighted by Gasteiger charge is 2.23. The van der Waals surface area contributed by atoms with E-state index in [1.807, 2.05) is 49.2 Å². The van der Waals surface area contributed by atoms with Crippen molar-refractivity contribution < 1.29 is 8.78 Å². The third-order valence-electron chi connectivity index (χ3n) is 5.45. The second-order valence-electron chi connectivity index (χ2n) is 8.25. The number of rotatable bonds is 7. The number of fused-ring (bicyclic) bond motifs is 1. The van der Waals surface area contributed by atoms with Crippen LogP contribution in [-0.4, -0.2) is 5.71 Å². The van der Waals surface area contributed by atoms with Gasteiger partial charge in [-0.05, 0) is 123 Å². The molecule has 1 aliphatic carbocycles. The molecule has 0 heterocycles. The number of anilines is 2. The zero-order valence-corrected chi connectivity index (χ0v) is 20.9. The number of hydrazone groups is 1. The molecule has 0 radical (unpaired) electrons. The Morgan fingerprint density at radius 3 is 2.35 bits per heavy atom. The van der Waals surface area contributed by atoms with E-state index in [0.717, 1.165) is 52.2 Å². The number of halogens is 2. The number of benzene rings is 3. The summed E-state index contributed by atoms with van der Waals surface area (Å²) in [7, 11) is 0. The molecule has 0 atom stereocenters. The van der Waals surface area contributed by atoms with Gasteiger partial charge in [0, 0.05) is 26.8 Å². The predicted molar refractivity (Wildman–Crippen MR) is 141 cm³/mol. The predicted octanol–water partition coefficient (Wildman–Crippen LogP) is 7.63. The smallest absolute Gasteiger partial charge is 0.160 e. The monoisotopic (exact) mass is 496 g/mol. The lowest BCUT2D eigenvalue weighted by Crippen LogP contribution is -2.21. The summed E-state index contributed by atoms with van der Waals surface area (Å²) in [6.07, 6.45) is 1.90. The third kappa shape index (κ3) is 5.46. The molecule has 0 bridgehead atoms. The summed E-state index contributed by atoms with van der Waals surface area (Å²) in [6.45, 7) is 6.10. The van der Waals surface area contributed by atoms with E-state index in [4.69, 9.17) is 10.2 Å². The lowest BCUT2D eigenvalue weighted by atomic mass is 9.89. The zero-order chi connectivity index (χ0) is 24.2. The molecule has 0 aliphatic heterocycles. The Morgan fingerprint density at radius 1 is 0.941 bits per heavy atom. The van der Waals surface area contributed by atoms with Gasteiger partial charge in [0.15, 0.2) is 11.6 Å². The topological polar surface area (TPSA) is 53.6 Å². The van der Waals surface area contributed by atoms with Gasteiger partial charge < -0.3 is 4.72 Å². The largest absolute Gasteiger partial charge is 0.326 e. The Labute approximate surface area is 207 Å². The molecule has 176 valence electrons. The molecule has 0 aromatic heterocycles. The number of nitrogens with zero attached hydrogens (tertiary/aromatic N) is 2. The van der Waals surface area contributed by atoms with Crippen LogP contribution < -0.4 is 14.9 Å². The minimum Gasteiger partial charge on any atom is -0.326 e. The van der Waals surface area contributed by atoms with Gasteiger partial charge in [-0.2, -0.15) is 5.10 Å². The van der Waals surface area contributed by atoms with E-state index in [2.05, 4.69) is 23.8 Å². The lowest BCUT2D eigenvalue weighted by molar-refractivity contribution is 0.506. The lowest BCUT2D eigenvalue weighted by Gasteiger charge is -2.30. The SMILES string of the molecule is CC(C)=NN(C1=C(C)CCc2ccc(NSc3ccc(F)c(F)c3)cc21)c1ccc(SN)cc1. The van der Waals surface area contributed by atoms with Crippen molar-refractivity contribution in [2.45, 2.75) is 43.4 Å². The molecule has 4 rings (SSSR count). The van der Waals surface area contributed by atoms with E-state index in [0.29, 0.717) is 4.90 Å². The van der Waals surface area contributed by atoms with Crippen LogP contribution in [0.4, 0.5) is 20.2 Å². The van der Waals surface area contributed by atoms with Gasteiger partial charge in [0.1, 0.15) is 0 Å². The van der Waals surface area contributed by atoms with E-state index >= 15 is 0 Å². The van der Waals surface area contributed by atoms with Crippen molar-refractivity contribution in [2.24, 2.45) is 10.2 Å². The van der Waals surface area contributed by atoms with Crippen molar-refractivity contribution in [2.75, 3.05) is 9.73 Å². The Hall–Kier alpha value is -2.81. The summed E-state index contributed by atoms with van der Waals surface area (Å²) in [5.41, 5.74) is 7.41. The maximum absolute atomic E-state index is 13.6. The molecule has 0 spiro atoms. The summed E-state index contributed by atoms with van der Waals surface area (Å²) < 4.78 is 30.1. The Balaban J connectivity index is 1.69. The van der Waals surface area contributed by atoms with Crippen LogP contribution in [0.25, 0.3) is 5.70 Å². The third-order valence-corrected chi connectivity index (χ3v) is 6.82. The highest BCUT2D eigenvalue weighted by atomic mass is 32.2. The fourth-order valence-corrected chi connectivity index (χ4v) is 4.76. The van der Waals surface area contributed by atoms with Crippen LogP contribution in [0.15, 0.2) is 81.1 Å². The fourth-order valence-electron chi connectivity index (χ4n) is 3.80. The van der Waals surface area contributed by atoms with Gasteiger partial charge in [0.2, 0.25) is 0 Å². The summed E-state index contributed by atoms with van der Waals surface area (Å²) in [6, 6.07) is 18.1. The Bertz CT molecular complexity index is 1250. The van der Waals surface area contributed by atoms with Crippen LogP contribution in [0.1, 0.15) is 38.3 Å². The molecule has 3 N–H and O–H groups in total. The van der Waals surface area contributed by atoms with E-state index in [1.165, 1.54) is 41.1 Å². The van der Waals surface area contributed by atoms with Gasteiger partial charge in [-0.15, -0.1) is 0 Å². The van der Waals surface area contributed by atoms with Gasteiger partial charge in [-0.3, -0.25) is 5.14 Å². The highest BCUT2D eigenvalue weighted by molar-refractivity contribution is 8.00. The molecule has 0 unspecified atom stereocenters. The van der Waals surface area contributed by atoms with Crippen molar-refractivity contribution >= 4 is 46.7 Å². The molecule has 4 nitrogen and oxygen atoms in total. The first kappa shape index (κ1) is 24.3. The molecule has 0 fully saturated rings. The first-order chi connectivity index (χ1) is 16.4. The molecular formula is C26H26F2N4S2. The number of nitrogens with two attached hydrogens (primary N) is 1. The maximum Gasteiger partial charge on any atom is 0.160 e. The number of nitrogens with one attached hydrogen (secondary N) is 1. The van der Waals surface area contributed by atoms with Crippen molar-refractivity contribution in [3.63, 3.8) is 0 Å². The summed E-state index contributed by atoms with van der Waals surface area (Å²) >= 11 is 2.45. The zero-order valence-electron chi connectivity index (χ0n) is 19.2. The molecule has 3 aromatic rings. The van der Waals surface area contributed by atoms with E-state index in [-0.39, 0.29) is 0 Å². The van der Waals surface area contributed by atoms with Crippen LogP contribution >= 0.6 is 23.9 Å². The number of hydrogen-bond acceptors (Lipinski definition) is 6. The number of aryl methyl sites for hydroxylation is 1. The molecule has 34 heavy (non-hydrogen) atoms. The first-order valence-electron chi connectivity index (χ1n) is 10.9. The highest BCUT2D eigenvalue weighted by Crippen LogP contribution is 2.39. The fraction of sp³-hybridized carbons (Fsp3) is 0.192. The Kier molecular flexibility index (Phi) is 7.60. The van der Waals surface area contributed by atoms with Gasteiger partial charge in [-0.1, -0.05) is 6.07 Å². The van der Waals surface area contributed by atoms with Crippen LogP contribution in [-0.2, 0) is 6.42 Å². The van der Waals surface area contributed by atoms with Gasteiger partial charge in [-0.25, -0.2) is 13.8 Å². The molecule has 8 heteroatoms. The molecule has 0 saturated carbocycles. The van der Waals surface area contributed by atoms with Crippen molar-refractivity contribution in [1.82, 2.24) is 0 Å². The maximum atomic E-state index is 13.6. The van der Waals surface area contributed by atoms with Crippen molar-refractivity contribution in [3.8, 4) is 0 Å². The normalized spacial score (nSPS) is 12.9. The van der Waals surface area contributed by atoms with Crippen LogP contribution in [0.5, 0.6) is 0 Å². The summed E-state index contributed by atoms with van der Waals surface area (Å²) in [5, 5.41) is 12.6. The molecule has 0 saturated heterocycles. The van der Waals surface area contributed by atoms with E-state index in [9.17, 15) is 8.78 Å². The van der Waals surface area contributed by atoms with Gasteiger partial charge in [0.05, 0.1) is 11.4 Å². The average molecular weight is 497 g/mol.